The van der Waals surface area contributed by atoms with Crippen LogP contribution in [-0.4, -0.2) is 33.9 Å². The summed E-state index contributed by atoms with van der Waals surface area (Å²) in [6.07, 6.45) is 0.803. The predicted molar refractivity (Wildman–Crippen MR) is 165 cm³/mol. The molecule has 2 aromatic heterocycles. The number of benzene rings is 2. The number of carbonyl (C=O) groups is 1. The summed E-state index contributed by atoms with van der Waals surface area (Å²) < 4.78 is 8.37. The monoisotopic (exact) mass is 552 g/mol. The van der Waals surface area contributed by atoms with Gasteiger partial charge in [-0.3, -0.25) is 0 Å². The maximum atomic E-state index is 11.4. The van der Waals surface area contributed by atoms with Crippen LogP contribution >= 0.6 is 0 Å². The quantitative estimate of drug-likeness (QED) is 0.252. The molecule has 41 heavy (non-hydrogen) atoms. The number of anilines is 2. The number of carbonyl (C=O) groups excluding carboxylic acids is 1. The van der Waals surface area contributed by atoms with Crippen molar-refractivity contribution in [1.82, 2.24) is 14.8 Å². The Labute approximate surface area is 242 Å². The average molecular weight is 553 g/mol. The average Bonchev–Trinajstić information content (AvgIpc) is 3.30. The fourth-order valence-corrected chi connectivity index (χ4v) is 5.32. The summed E-state index contributed by atoms with van der Waals surface area (Å²) in [5, 5.41) is 7.87. The summed E-state index contributed by atoms with van der Waals surface area (Å²) >= 11 is 0. The summed E-state index contributed by atoms with van der Waals surface area (Å²) in [5.74, 6) is 2.58. The van der Waals surface area contributed by atoms with Gasteiger partial charge in [0.2, 0.25) is 0 Å². The number of nitrogens with zero attached hydrogens (tertiary/aromatic N) is 4. The van der Waals surface area contributed by atoms with E-state index < -0.39 is 6.03 Å². The van der Waals surface area contributed by atoms with Crippen LogP contribution in [-0.2, 0) is 13.0 Å². The molecule has 0 aliphatic carbocycles. The van der Waals surface area contributed by atoms with Crippen molar-refractivity contribution in [2.45, 2.75) is 60.4 Å². The number of hydrogen-bond acceptors (Lipinski definition) is 5. The zero-order valence-electron chi connectivity index (χ0n) is 24.9. The highest BCUT2D eigenvalue weighted by Crippen LogP contribution is 2.38. The van der Waals surface area contributed by atoms with Gasteiger partial charge in [0, 0.05) is 42.0 Å². The minimum Gasteiger partial charge on any atom is -0.491 e. The Morgan fingerprint density at radius 3 is 2.46 bits per heavy atom. The highest BCUT2D eigenvalue weighted by atomic mass is 16.5. The lowest BCUT2D eigenvalue weighted by atomic mass is 9.99. The van der Waals surface area contributed by atoms with Gasteiger partial charge in [0.05, 0.1) is 18.0 Å². The van der Waals surface area contributed by atoms with Crippen molar-refractivity contribution in [3.8, 4) is 22.7 Å². The van der Waals surface area contributed by atoms with Gasteiger partial charge in [-0.1, -0.05) is 58.0 Å². The van der Waals surface area contributed by atoms with Gasteiger partial charge in [-0.25, -0.2) is 14.5 Å². The van der Waals surface area contributed by atoms with E-state index in [4.69, 9.17) is 20.6 Å². The van der Waals surface area contributed by atoms with Gasteiger partial charge in [0.25, 0.3) is 0 Å². The first-order valence-electron chi connectivity index (χ1n) is 14.3. The Hall–Kier alpha value is -4.33. The first-order valence-corrected chi connectivity index (χ1v) is 14.3. The number of para-hydroxylation sites is 1. The minimum absolute atomic E-state index is 0.353. The smallest absolute Gasteiger partial charge is 0.316 e. The van der Waals surface area contributed by atoms with Crippen LogP contribution in [0.5, 0.6) is 5.75 Å². The number of nitrogens with one attached hydrogen (secondary N) is 1. The second kappa shape index (κ2) is 11.6. The molecular weight excluding hydrogens is 512 g/mol. The maximum absolute atomic E-state index is 11.4. The lowest BCUT2D eigenvalue weighted by molar-refractivity contribution is 0.259. The number of pyridine rings is 1. The Balaban J connectivity index is 1.65. The van der Waals surface area contributed by atoms with Crippen molar-refractivity contribution in [2.24, 2.45) is 11.7 Å². The maximum Gasteiger partial charge on any atom is 0.316 e. The molecule has 4 aromatic rings. The van der Waals surface area contributed by atoms with Crippen molar-refractivity contribution in [3.63, 3.8) is 0 Å². The molecule has 0 unspecified atom stereocenters. The van der Waals surface area contributed by atoms with Crippen LogP contribution in [0.3, 0.4) is 0 Å². The number of urea groups is 1. The van der Waals surface area contributed by atoms with Crippen molar-refractivity contribution in [1.29, 1.82) is 0 Å². The topological polar surface area (TPSA) is 98.3 Å². The van der Waals surface area contributed by atoms with Crippen LogP contribution in [0.4, 0.5) is 16.3 Å². The van der Waals surface area contributed by atoms with Crippen LogP contribution in [0.15, 0.2) is 54.6 Å². The summed E-state index contributed by atoms with van der Waals surface area (Å²) in [7, 11) is 0. The zero-order valence-corrected chi connectivity index (χ0v) is 24.9. The summed E-state index contributed by atoms with van der Waals surface area (Å²) in [5.41, 5.74) is 14.5. The van der Waals surface area contributed by atoms with Crippen molar-refractivity contribution in [2.75, 3.05) is 23.4 Å². The van der Waals surface area contributed by atoms with Crippen LogP contribution in [0.1, 0.15) is 61.7 Å². The van der Waals surface area contributed by atoms with Gasteiger partial charge < -0.3 is 20.7 Å². The number of primary amides is 1. The van der Waals surface area contributed by atoms with E-state index in [1.54, 1.807) is 0 Å². The second-order valence-electron chi connectivity index (χ2n) is 11.6. The van der Waals surface area contributed by atoms with E-state index in [0.717, 1.165) is 64.0 Å². The van der Waals surface area contributed by atoms with Crippen LogP contribution in [0, 0.1) is 19.8 Å². The third-order valence-corrected chi connectivity index (χ3v) is 7.43. The standard InChI is InChI=1S/C33H40N6O2/c1-20(2)19-41-29-9-7-8-22(5)30(29)39-31(24-11-13-25(14-12-24)35-33(34)40)26-18-38(17-16-28(26)37-39)32-23(6)10-15-27(36-32)21(3)4/h7-15,20-21H,16-19H2,1-6H3,(H3,34,35,40). The van der Waals surface area contributed by atoms with Gasteiger partial charge in [0.15, 0.2) is 0 Å². The van der Waals surface area contributed by atoms with E-state index >= 15 is 0 Å². The second-order valence-corrected chi connectivity index (χ2v) is 11.6. The van der Waals surface area contributed by atoms with Gasteiger partial charge in [-0.05, 0) is 61.1 Å². The SMILES string of the molecule is Cc1ccc(C(C)C)nc1N1CCc2nn(-c3c(C)cccc3OCC(C)C)c(-c3ccc(NC(N)=O)cc3)c2C1. The number of rotatable bonds is 8. The molecule has 3 heterocycles. The Morgan fingerprint density at radius 2 is 1.78 bits per heavy atom. The molecule has 0 saturated carbocycles. The molecule has 0 bridgehead atoms. The first-order chi connectivity index (χ1) is 19.6. The molecule has 5 rings (SSSR count). The van der Waals surface area contributed by atoms with Crippen LogP contribution in [0.25, 0.3) is 16.9 Å². The molecule has 2 amide bonds. The Kier molecular flexibility index (Phi) is 8.01. The lowest BCUT2D eigenvalue weighted by Crippen LogP contribution is -2.31. The molecule has 2 aromatic carbocycles. The Morgan fingerprint density at radius 1 is 1.02 bits per heavy atom. The molecule has 0 atom stereocenters. The normalized spacial score (nSPS) is 13.0. The molecule has 8 heteroatoms. The number of aromatic nitrogens is 3. The van der Waals surface area contributed by atoms with Gasteiger partial charge in [0.1, 0.15) is 17.3 Å². The van der Waals surface area contributed by atoms with Gasteiger partial charge in [-0.15, -0.1) is 0 Å². The third kappa shape index (κ3) is 5.92. The molecule has 214 valence electrons. The van der Waals surface area contributed by atoms with Gasteiger partial charge >= 0.3 is 6.03 Å². The molecule has 0 saturated heterocycles. The number of amides is 2. The Bertz CT molecular complexity index is 1550. The largest absolute Gasteiger partial charge is 0.491 e. The molecule has 3 N–H and O–H groups in total. The predicted octanol–water partition coefficient (Wildman–Crippen LogP) is 6.76. The lowest BCUT2D eigenvalue weighted by Gasteiger charge is -2.30. The summed E-state index contributed by atoms with van der Waals surface area (Å²) in [6, 6.07) is 17.6. The summed E-state index contributed by atoms with van der Waals surface area (Å²) in [6.45, 7) is 15.0. The number of aryl methyl sites for hydroxylation is 2. The molecule has 0 fully saturated rings. The van der Waals surface area contributed by atoms with E-state index in [-0.39, 0.29) is 0 Å². The molecule has 0 spiro atoms. The van der Waals surface area contributed by atoms with E-state index in [2.05, 4.69) is 74.6 Å². The summed E-state index contributed by atoms with van der Waals surface area (Å²) in [4.78, 5) is 18.9. The molecule has 8 nitrogen and oxygen atoms in total. The highest BCUT2D eigenvalue weighted by molar-refractivity contribution is 5.88. The van der Waals surface area contributed by atoms with Crippen LogP contribution in [0.2, 0.25) is 0 Å². The van der Waals surface area contributed by atoms with E-state index in [1.807, 2.05) is 36.4 Å². The number of nitrogens with two attached hydrogens (primary N) is 1. The molecule has 0 radical (unpaired) electrons. The molecule has 1 aliphatic rings. The van der Waals surface area contributed by atoms with E-state index in [1.165, 1.54) is 5.56 Å². The van der Waals surface area contributed by atoms with E-state index in [9.17, 15) is 4.79 Å². The van der Waals surface area contributed by atoms with Crippen LogP contribution < -0.4 is 20.7 Å². The number of fused-ring (bicyclic) bond motifs is 1. The fourth-order valence-electron chi connectivity index (χ4n) is 5.32. The minimum atomic E-state index is -0.589. The number of hydrogen-bond donors (Lipinski definition) is 2. The third-order valence-electron chi connectivity index (χ3n) is 7.43. The zero-order chi connectivity index (χ0) is 29.3. The highest BCUT2D eigenvalue weighted by Gasteiger charge is 2.29. The van der Waals surface area contributed by atoms with Gasteiger partial charge in [-0.2, -0.15) is 5.10 Å². The fraction of sp³-hybridized carbons (Fsp3) is 0.364. The first kappa shape index (κ1) is 28.2. The number of ether oxygens (including phenoxy) is 1. The van der Waals surface area contributed by atoms with Crippen molar-refractivity contribution in [3.05, 3.63) is 82.7 Å². The van der Waals surface area contributed by atoms with E-state index in [0.29, 0.717) is 30.7 Å². The van der Waals surface area contributed by atoms with Crippen molar-refractivity contribution < 1.29 is 9.53 Å². The molecular formula is C33H40N6O2. The van der Waals surface area contributed by atoms with Crippen molar-refractivity contribution >= 4 is 17.5 Å². The molecule has 1 aliphatic heterocycles.